The minimum Gasteiger partial charge on any atom is -0.351 e. The lowest BCUT2D eigenvalue weighted by Crippen LogP contribution is -2.64. The SMILES string of the molecule is CC[C@H](C)[C@@H]1NC(=O)[C@H](CC(C)C)N(C)C(=O)C[C@@H](C)NC(=O)[C@H](C(C)C)N(C)C(=O)C2(CCCC2)NC(=O)[C@@H]2CCCN2C(=O)[C@H](CCc2ccc(C(F)(F)F)c(Cl)c2)NC(=O)CN(C)C(=O)[C@H](CC2CCCCC2)N(C)C(=O)CN(C)C(=O)CN(C)C1=O. The molecule has 0 unspecified atom stereocenters. The van der Waals surface area contributed by atoms with Crippen LogP contribution >= 0.6 is 11.6 Å². The number of likely N-dealkylation sites (N-methyl/N-ethyl adjacent to an activating group) is 6. The zero-order chi connectivity index (χ0) is 67.3. The van der Waals surface area contributed by atoms with Crippen LogP contribution in [0.4, 0.5) is 13.2 Å². The molecule has 1 aromatic rings. The summed E-state index contributed by atoms with van der Waals surface area (Å²) in [5.74, 6) is -7.81. The van der Waals surface area contributed by atoms with Crippen molar-refractivity contribution in [3.8, 4) is 0 Å². The maximum absolute atomic E-state index is 15.0. The number of halogens is 4. The number of amides is 11. The Balaban J connectivity index is 1.54. The Labute approximate surface area is 534 Å². The average Bonchev–Trinajstić information content (AvgIpc) is 1.54. The zero-order valence-corrected chi connectivity index (χ0v) is 55.8. The van der Waals surface area contributed by atoms with E-state index >= 15 is 0 Å². The van der Waals surface area contributed by atoms with Gasteiger partial charge in [-0.25, -0.2) is 0 Å². The Hall–Kier alpha value is -6.53. The van der Waals surface area contributed by atoms with E-state index in [-0.39, 0.29) is 69.7 Å². The maximum Gasteiger partial charge on any atom is 0.417 e. The van der Waals surface area contributed by atoms with Crippen LogP contribution < -0.4 is 21.3 Å². The van der Waals surface area contributed by atoms with Gasteiger partial charge in [0.1, 0.15) is 41.8 Å². The lowest BCUT2D eigenvalue weighted by Gasteiger charge is -2.39. The Morgan fingerprint density at radius 3 is 1.86 bits per heavy atom. The fraction of sp³-hybridized carbons (Fsp3) is 0.734. The molecule has 0 aromatic heterocycles. The second kappa shape index (κ2) is 32.7. The number of alkyl halides is 3. The summed E-state index contributed by atoms with van der Waals surface area (Å²) < 4.78 is 41.3. The second-order valence-corrected chi connectivity index (χ2v) is 27.0. The number of nitrogens with zero attached hydrogens (tertiary/aromatic N) is 7. The van der Waals surface area contributed by atoms with Gasteiger partial charge in [-0.2, -0.15) is 13.2 Å². The van der Waals surface area contributed by atoms with E-state index in [1.54, 1.807) is 27.7 Å². The summed E-state index contributed by atoms with van der Waals surface area (Å²) >= 11 is 6.11. The Morgan fingerprint density at radius 2 is 1.27 bits per heavy atom. The van der Waals surface area contributed by atoms with Gasteiger partial charge in [0.2, 0.25) is 65.0 Å². The molecular formula is C64H99ClF3N11O11. The number of benzene rings is 1. The lowest BCUT2D eigenvalue weighted by atomic mass is 9.84. The molecule has 4 N–H and O–H groups in total. The van der Waals surface area contributed by atoms with E-state index in [4.69, 9.17) is 11.6 Å². The van der Waals surface area contributed by atoms with Gasteiger partial charge in [0, 0.05) is 61.3 Å². The Kier molecular flexibility index (Phi) is 26.9. The first-order valence-corrected chi connectivity index (χ1v) is 32.4. The topological polar surface area (TPSA) is 259 Å². The minimum absolute atomic E-state index is 0.0339. The molecule has 2 heterocycles. The largest absolute Gasteiger partial charge is 0.417 e. The van der Waals surface area contributed by atoms with E-state index in [1.807, 2.05) is 20.8 Å². The highest BCUT2D eigenvalue weighted by atomic mass is 35.5. The average molecular weight is 1290 g/mol. The van der Waals surface area contributed by atoms with Crippen molar-refractivity contribution in [2.24, 2.45) is 23.7 Å². The standard InChI is InChI=1S/C64H99ClF3N11O11/c1-14-40(6)54-61(89)75(10)36-52(82)73(8)37-53(83)77(12)49(34-42-21-16-15-17-22-42)60(88)74(9)35-50(80)70-46(27-25-43-24-26-44(45(65)33-43)64(66,67)68)59(87)79-30-20-23-47(79)57(85)72-63(28-18-19-29-63)62(90)78(13)55(39(4)5)58(86)69-41(7)32-51(81)76(11)48(31-38(2)3)56(84)71-54/h24,26,33,38-42,46-49,54-55H,14-23,25,27-32,34-37H2,1-13H3,(H,69,86)(H,70,80)(H,71,84)(H,72,85)/t40-,41+,46-,47-,48-,49-,54-,55-/m0/s1. The molecule has 2 saturated heterocycles. The molecule has 1 spiro atoms. The molecular weight excluding hydrogens is 1190 g/mol. The van der Waals surface area contributed by atoms with Gasteiger partial charge in [-0.1, -0.05) is 111 Å². The van der Waals surface area contributed by atoms with Crippen molar-refractivity contribution in [1.82, 2.24) is 55.6 Å². The van der Waals surface area contributed by atoms with Gasteiger partial charge < -0.3 is 55.6 Å². The molecule has 504 valence electrons. The molecule has 4 aliphatic rings. The predicted octanol–water partition coefficient (Wildman–Crippen LogP) is 5.16. The van der Waals surface area contributed by atoms with Crippen LogP contribution in [-0.2, 0) is 65.3 Å². The molecule has 4 fully saturated rings. The molecule has 2 aliphatic heterocycles. The molecule has 26 heteroatoms. The van der Waals surface area contributed by atoms with Crippen LogP contribution in [-0.4, -0.2) is 216 Å². The van der Waals surface area contributed by atoms with E-state index in [0.717, 1.165) is 58.9 Å². The lowest BCUT2D eigenvalue weighted by molar-refractivity contribution is -0.149. The van der Waals surface area contributed by atoms with Gasteiger partial charge in [-0.05, 0) is 99.7 Å². The van der Waals surface area contributed by atoms with E-state index < -0.39 is 161 Å². The van der Waals surface area contributed by atoms with E-state index in [1.165, 1.54) is 68.0 Å². The molecule has 11 amide bonds. The van der Waals surface area contributed by atoms with Crippen molar-refractivity contribution >= 4 is 76.6 Å². The van der Waals surface area contributed by atoms with Gasteiger partial charge in [-0.15, -0.1) is 0 Å². The third-order valence-corrected chi connectivity index (χ3v) is 18.9. The highest BCUT2D eigenvalue weighted by molar-refractivity contribution is 6.31. The van der Waals surface area contributed by atoms with Crippen molar-refractivity contribution in [2.75, 3.05) is 68.5 Å². The number of fused-ring (bicyclic) bond motifs is 1. The van der Waals surface area contributed by atoms with Crippen molar-refractivity contribution < 1.29 is 65.9 Å². The molecule has 5 rings (SSSR count). The summed E-state index contributed by atoms with van der Waals surface area (Å²) in [5, 5.41) is 11.0. The number of carbonyl (C=O) groups is 11. The van der Waals surface area contributed by atoms with Crippen LogP contribution in [0.3, 0.4) is 0 Å². The number of aryl methyl sites for hydroxylation is 1. The third-order valence-electron chi connectivity index (χ3n) is 18.6. The van der Waals surface area contributed by atoms with E-state index in [0.29, 0.717) is 31.2 Å². The van der Waals surface area contributed by atoms with Gasteiger partial charge in [0.15, 0.2) is 0 Å². The fourth-order valence-electron chi connectivity index (χ4n) is 13.0. The summed E-state index contributed by atoms with van der Waals surface area (Å²) in [5.41, 5.74) is -2.25. The Morgan fingerprint density at radius 1 is 0.656 bits per heavy atom. The zero-order valence-electron chi connectivity index (χ0n) is 55.1. The van der Waals surface area contributed by atoms with Gasteiger partial charge in [0.25, 0.3) is 0 Å². The van der Waals surface area contributed by atoms with Crippen LogP contribution in [0.1, 0.15) is 162 Å². The first-order chi connectivity index (χ1) is 42.1. The third kappa shape index (κ3) is 19.3. The fourth-order valence-corrected chi connectivity index (χ4v) is 13.4. The molecule has 0 bridgehead atoms. The van der Waals surface area contributed by atoms with Crippen molar-refractivity contribution in [3.63, 3.8) is 0 Å². The molecule has 90 heavy (non-hydrogen) atoms. The summed E-state index contributed by atoms with van der Waals surface area (Å²) in [6.45, 7) is 11.0. The number of hydrogen-bond donors (Lipinski definition) is 4. The summed E-state index contributed by atoms with van der Waals surface area (Å²) in [6.07, 6.45) is 2.06. The van der Waals surface area contributed by atoms with E-state index in [2.05, 4.69) is 21.3 Å². The molecule has 1 aromatic carbocycles. The predicted molar refractivity (Wildman–Crippen MR) is 332 cm³/mol. The molecule has 8 atom stereocenters. The normalized spacial score (nSPS) is 26.3. The molecule has 0 radical (unpaired) electrons. The highest BCUT2D eigenvalue weighted by Crippen LogP contribution is 2.37. The van der Waals surface area contributed by atoms with Gasteiger partial charge in [0.05, 0.1) is 30.2 Å². The molecule has 22 nitrogen and oxygen atoms in total. The van der Waals surface area contributed by atoms with Gasteiger partial charge >= 0.3 is 6.18 Å². The van der Waals surface area contributed by atoms with E-state index in [9.17, 15) is 65.9 Å². The quantitative estimate of drug-likeness (QED) is 0.238. The molecule has 2 aliphatic carbocycles. The summed E-state index contributed by atoms with van der Waals surface area (Å²) in [7, 11) is 8.55. The first kappa shape index (κ1) is 74.2. The van der Waals surface area contributed by atoms with Crippen LogP contribution in [0.15, 0.2) is 18.2 Å². The highest BCUT2D eigenvalue weighted by Gasteiger charge is 2.50. The van der Waals surface area contributed by atoms with Crippen molar-refractivity contribution in [2.45, 2.75) is 212 Å². The van der Waals surface area contributed by atoms with Crippen LogP contribution in [0.25, 0.3) is 0 Å². The molecule has 2 saturated carbocycles. The van der Waals surface area contributed by atoms with Crippen LogP contribution in [0.2, 0.25) is 5.02 Å². The van der Waals surface area contributed by atoms with Crippen molar-refractivity contribution in [3.05, 3.63) is 34.3 Å². The first-order valence-electron chi connectivity index (χ1n) is 32.0. The number of hydrogen-bond acceptors (Lipinski definition) is 11. The maximum atomic E-state index is 15.0. The van der Waals surface area contributed by atoms with Gasteiger partial charge in [-0.3, -0.25) is 52.7 Å². The smallest absolute Gasteiger partial charge is 0.351 e. The number of nitrogens with one attached hydrogen (secondary N) is 4. The summed E-state index contributed by atoms with van der Waals surface area (Å²) in [4.78, 5) is 168. The monoisotopic (exact) mass is 1290 g/mol. The van der Waals surface area contributed by atoms with Crippen LogP contribution in [0, 0.1) is 23.7 Å². The number of rotatable bonds is 10. The van der Waals surface area contributed by atoms with Crippen LogP contribution in [0.5, 0.6) is 0 Å². The number of carbonyl (C=O) groups excluding carboxylic acids is 11. The second-order valence-electron chi connectivity index (χ2n) is 26.6. The minimum atomic E-state index is -4.74. The summed E-state index contributed by atoms with van der Waals surface area (Å²) in [6, 6.07) is -4.59. The Bertz CT molecular complexity index is 2760. The van der Waals surface area contributed by atoms with Crippen molar-refractivity contribution in [1.29, 1.82) is 0 Å².